The van der Waals surface area contributed by atoms with Crippen molar-refractivity contribution in [2.24, 2.45) is 0 Å². The van der Waals surface area contributed by atoms with Crippen LogP contribution in [0.5, 0.6) is 0 Å². The number of pyridine rings is 1. The van der Waals surface area contributed by atoms with E-state index in [4.69, 9.17) is 9.84 Å². The number of nitrogens with zero attached hydrogens (tertiary/aromatic N) is 3. The fraction of sp³-hybridized carbons (Fsp3) is 0.400. The van der Waals surface area contributed by atoms with Crippen molar-refractivity contribution in [3.8, 4) is 0 Å². The van der Waals surface area contributed by atoms with Crippen LogP contribution < -0.4 is 0 Å². The molecular weight excluding hydrogens is 270 g/mol. The molecule has 6 heteroatoms. The molecule has 1 aliphatic rings. The van der Waals surface area contributed by atoms with E-state index in [1.165, 1.54) is 6.08 Å². The first kappa shape index (κ1) is 13.8. The van der Waals surface area contributed by atoms with Crippen molar-refractivity contribution in [2.45, 2.75) is 32.4 Å². The summed E-state index contributed by atoms with van der Waals surface area (Å²) in [6, 6.07) is 3.73. The van der Waals surface area contributed by atoms with Crippen molar-refractivity contribution in [3.63, 3.8) is 0 Å². The van der Waals surface area contributed by atoms with E-state index in [-0.39, 0.29) is 6.23 Å². The number of carbonyl (C=O) groups is 1. The van der Waals surface area contributed by atoms with Crippen LogP contribution in [0.2, 0.25) is 0 Å². The van der Waals surface area contributed by atoms with Crippen molar-refractivity contribution in [2.75, 3.05) is 6.61 Å². The minimum Gasteiger partial charge on any atom is -0.478 e. The lowest BCUT2D eigenvalue weighted by Gasteiger charge is -2.22. The van der Waals surface area contributed by atoms with Gasteiger partial charge in [0, 0.05) is 24.3 Å². The number of carboxylic acids is 1. The normalized spacial score (nSPS) is 19.9. The summed E-state index contributed by atoms with van der Waals surface area (Å²) < 4.78 is 7.55. The lowest BCUT2D eigenvalue weighted by molar-refractivity contribution is -0.131. The molecule has 6 nitrogen and oxygen atoms in total. The first-order chi connectivity index (χ1) is 10.2. The number of aromatic nitrogens is 3. The summed E-state index contributed by atoms with van der Waals surface area (Å²) >= 11 is 0. The van der Waals surface area contributed by atoms with Gasteiger partial charge in [-0.1, -0.05) is 0 Å². The first-order valence-corrected chi connectivity index (χ1v) is 7.03. The summed E-state index contributed by atoms with van der Waals surface area (Å²) in [5.74, 6) is -0.979. The molecule has 3 rings (SSSR count). The number of hydrogen-bond acceptors (Lipinski definition) is 4. The van der Waals surface area contributed by atoms with Gasteiger partial charge in [-0.2, -0.15) is 5.10 Å². The third-order valence-corrected chi connectivity index (χ3v) is 3.61. The van der Waals surface area contributed by atoms with Crippen LogP contribution in [0.25, 0.3) is 16.6 Å². The standard InChI is InChI=1S/C15H17N3O3/c1-10(9-13(19)20)14-11-5-4-7-16-15(11)18(17-14)12-6-2-3-8-21-12/h4-5,7,9,12H,2-3,6,8H2,1H3,(H,19,20)/b10-9+. The molecule has 0 bridgehead atoms. The van der Waals surface area contributed by atoms with Gasteiger partial charge in [0.2, 0.25) is 0 Å². The van der Waals surface area contributed by atoms with Gasteiger partial charge in [-0.3, -0.25) is 0 Å². The van der Waals surface area contributed by atoms with Gasteiger partial charge in [-0.05, 0) is 43.9 Å². The molecule has 0 aliphatic carbocycles. The molecule has 0 saturated carbocycles. The first-order valence-electron chi connectivity index (χ1n) is 7.03. The Morgan fingerprint density at radius 1 is 1.52 bits per heavy atom. The molecular formula is C15H17N3O3. The highest BCUT2D eigenvalue weighted by Gasteiger charge is 2.22. The number of hydrogen-bond donors (Lipinski definition) is 1. The fourth-order valence-electron chi connectivity index (χ4n) is 2.64. The smallest absolute Gasteiger partial charge is 0.328 e. The third kappa shape index (κ3) is 2.67. The maximum Gasteiger partial charge on any atom is 0.328 e. The summed E-state index contributed by atoms with van der Waals surface area (Å²) in [5.41, 5.74) is 1.99. The molecule has 2 aromatic heterocycles. The molecule has 0 amide bonds. The Hall–Kier alpha value is -2.21. The van der Waals surface area contributed by atoms with E-state index in [1.54, 1.807) is 17.8 Å². The van der Waals surface area contributed by atoms with Gasteiger partial charge in [-0.25, -0.2) is 14.5 Å². The Morgan fingerprint density at radius 2 is 2.38 bits per heavy atom. The van der Waals surface area contributed by atoms with E-state index in [0.717, 1.165) is 36.9 Å². The molecule has 0 aromatic carbocycles. The quantitative estimate of drug-likeness (QED) is 0.878. The van der Waals surface area contributed by atoms with Crippen molar-refractivity contribution in [3.05, 3.63) is 30.1 Å². The average molecular weight is 287 g/mol. The third-order valence-electron chi connectivity index (χ3n) is 3.61. The number of aliphatic carboxylic acids is 1. The van der Waals surface area contributed by atoms with E-state index >= 15 is 0 Å². The number of ether oxygens (including phenoxy) is 1. The molecule has 21 heavy (non-hydrogen) atoms. The number of allylic oxidation sites excluding steroid dienone is 1. The van der Waals surface area contributed by atoms with E-state index in [2.05, 4.69) is 10.1 Å². The van der Waals surface area contributed by atoms with Crippen molar-refractivity contribution >= 4 is 22.6 Å². The Labute approximate surface area is 122 Å². The van der Waals surface area contributed by atoms with Crippen LogP contribution >= 0.6 is 0 Å². The van der Waals surface area contributed by atoms with Gasteiger partial charge in [0.1, 0.15) is 0 Å². The number of rotatable bonds is 3. The van der Waals surface area contributed by atoms with Crippen molar-refractivity contribution < 1.29 is 14.6 Å². The van der Waals surface area contributed by atoms with E-state index in [1.807, 2.05) is 12.1 Å². The maximum absolute atomic E-state index is 10.9. The molecule has 1 N–H and O–H groups in total. The monoisotopic (exact) mass is 287 g/mol. The predicted molar refractivity (Wildman–Crippen MR) is 77.7 cm³/mol. The van der Waals surface area contributed by atoms with Crippen LogP contribution in [-0.2, 0) is 9.53 Å². The molecule has 110 valence electrons. The summed E-state index contributed by atoms with van der Waals surface area (Å²) in [4.78, 5) is 15.3. The van der Waals surface area contributed by atoms with Crippen LogP contribution in [0.1, 0.15) is 38.1 Å². The van der Waals surface area contributed by atoms with Gasteiger partial charge < -0.3 is 9.84 Å². The molecule has 0 radical (unpaired) electrons. The van der Waals surface area contributed by atoms with Gasteiger partial charge in [0.25, 0.3) is 0 Å². The Balaban J connectivity index is 2.11. The van der Waals surface area contributed by atoms with E-state index in [9.17, 15) is 4.79 Å². The second-order valence-electron chi connectivity index (χ2n) is 5.15. The van der Waals surface area contributed by atoms with Crippen molar-refractivity contribution in [1.82, 2.24) is 14.8 Å². The average Bonchev–Trinajstić information content (AvgIpc) is 2.87. The maximum atomic E-state index is 10.9. The van der Waals surface area contributed by atoms with Crippen LogP contribution in [0.3, 0.4) is 0 Å². The van der Waals surface area contributed by atoms with Crippen LogP contribution in [0.15, 0.2) is 24.4 Å². The topological polar surface area (TPSA) is 77.2 Å². The minimum atomic E-state index is -0.979. The highest BCUT2D eigenvalue weighted by molar-refractivity contribution is 5.95. The molecule has 0 spiro atoms. The number of fused-ring (bicyclic) bond motifs is 1. The van der Waals surface area contributed by atoms with Gasteiger partial charge in [0.15, 0.2) is 11.9 Å². The molecule has 1 fully saturated rings. The molecule has 1 saturated heterocycles. The van der Waals surface area contributed by atoms with E-state index in [0.29, 0.717) is 11.3 Å². The molecule has 3 heterocycles. The zero-order valence-electron chi connectivity index (χ0n) is 11.8. The second-order valence-corrected chi connectivity index (χ2v) is 5.15. The van der Waals surface area contributed by atoms with Gasteiger partial charge in [-0.15, -0.1) is 0 Å². The SMILES string of the molecule is C/C(=C\C(=O)O)c1nn(C2CCCCO2)c2ncccc12. The van der Waals surface area contributed by atoms with Crippen molar-refractivity contribution in [1.29, 1.82) is 0 Å². The van der Waals surface area contributed by atoms with Crippen LogP contribution in [0, 0.1) is 0 Å². The predicted octanol–water partition coefficient (Wildman–Crippen LogP) is 2.62. The molecule has 1 atom stereocenters. The van der Waals surface area contributed by atoms with Gasteiger partial charge in [0.05, 0.1) is 5.69 Å². The summed E-state index contributed by atoms with van der Waals surface area (Å²) in [5, 5.41) is 14.3. The number of carboxylic acid groups (broad SMARTS) is 1. The zero-order chi connectivity index (χ0) is 14.8. The Bertz CT molecular complexity index is 699. The minimum absolute atomic E-state index is 0.123. The van der Waals surface area contributed by atoms with Crippen LogP contribution in [0.4, 0.5) is 0 Å². The Kier molecular flexibility index (Phi) is 3.70. The summed E-state index contributed by atoms with van der Waals surface area (Å²) in [6.07, 6.45) is 5.81. The highest BCUT2D eigenvalue weighted by atomic mass is 16.5. The lowest BCUT2D eigenvalue weighted by atomic mass is 10.1. The van der Waals surface area contributed by atoms with E-state index < -0.39 is 5.97 Å². The van der Waals surface area contributed by atoms with Gasteiger partial charge >= 0.3 is 5.97 Å². The fourth-order valence-corrected chi connectivity index (χ4v) is 2.64. The Morgan fingerprint density at radius 3 is 3.10 bits per heavy atom. The van der Waals surface area contributed by atoms with Crippen LogP contribution in [-0.4, -0.2) is 32.4 Å². The molecule has 1 unspecified atom stereocenters. The lowest BCUT2D eigenvalue weighted by Crippen LogP contribution is -2.19. The summed E-state index contributed by atoms with van der Waals surface area (Å²) in [7, 11) is 0. The zero-order valence-corrected chi connectivity index (χ0v) is 11.8. The highest BCUT2D eigenvalue weighted by Crippen LogP contribution is 2.29. The molecule has 2 aromatic rings. The second kappa shape index (κ2) is 5.65. The largest absolute Gasteiger partial charge is 0.478 e. The summed E-state index contributed by atoms with van der Waals surface area (Å²) in [6.45, 7) is 2.47. The molecule has 1 aliphatic heterocycles.